The molecule has 6 rings (SSSR count). The fourth-order valence-electron chi connectivity index (χ4n) is 8.04. The number of hydrogen-bond acceptors (Lipinski definition) is 8. The molecule has 0 spiro atoms. The Morgan fingerprint density at radius 3 is 2.11 bits per heavy atom. The molecule has 3 aromatic rings. The van der Waals surface area contributed by atoms with Crippen molar-refractivity contribution >= 4 is 55.1 Å². The van der Waals surface area contributed by atoms with Gasteiger partial charge in [-0.25, -0.2) is 0 Å². The van der Waals surface area contributed by atoms with Crippen LogP contribution in [0.1, 0.15) is 97.2 Å². The molecule has 0 radical (unpaired) electrons. The standard InChI is InChI=1S/C41H45N3O10S2/c1-40(2)31-24-27(26-44-38(47)29-12-7-8-13-30(29)39(44)48)17-19-33(31)43(22-11-23-55(49,50)51)35(40)14-10-15-36-41(3,4)32-25-28(56(52,53)54)18-20-34(32)42(36)21-9-5-6-16-37(45)46/h7-8,10,12-15,17-20,24-25H,5-6,9,11,16,21-23,26H2,1-4H3,(H2-,45,46,49,50,51,52,53,54)/p+1. The summed E-state index contributed by atoms with van der Waals surface area (Å²) in [7, 11) is -8.68. The molecule has 13 nitrogen and oxygen atoms in total. The second-order valence-corrected chi connectivity index (χ2v) is 18.4. The molecule has 3 aliphatic rings. The summed E-state index contributed by atoms with van der Waals surface area (Å²) in [6, 6.07) is 16.9. The fraction of sp³-hybridized carbons (Fsp3) is 0.366. The molecule has 0 atom stereocenters. The first-order valence-electron chi connectivity index (χ1n) is 18.4. The van der Waals surface area contributed by atoms with E-state index in [-0.39, 0.29) is 42.6 Å². The summed E-state index contributed by atoms with van der Waals surface area (Å²) < 4.78 is 69.0. The Balaban J connectivity index is 1.35. The Morgan fingerprint density at radius 1 is 0.804 bits per heavy atom. The van der Waals surface area contributed by atoms with Crippen LogP contribution in [0.2, 0.25) is 0 Å². The van der Waals surface area contributed by atoms with Gasteiger partial charge in [0.1, 0.15) is 6.54 Å². The van der Waals surface area contributed by atoms with E-state index in [1.54, 1.807) is 30.3 Å². The number of carbonyl (C=O) groups is 3. The zero-order chi connectivity index (χ0) is 40.8. The first-order valence-corrected chi connectivity index (χ1v) is 21.5. The number of aliphatic carboxylic acids is 1. The molecule has 0 aliphatic carbocycles. The lowest BCUT2D eigenvalue weighted by Gasteiger charge is -2.27. The van der Waals surface area contributed by atoms with Gasteiger partial charge in [0.2, 0.25) is 5.69 Å². The number of carboxylic acids is 1. The van der Waals surface area contributed by atoms with E-state index in [0.717, 1.165) is 33.9 Å². The Morgan fingerprint density at radius 2 is 1.48 bits per heavy atom. The molecule has 0 fully saturated rings. The van der Waals surface area contributed by atoms with E-state index in [9.17, 15) is 40.3 Å². The molecular formula is C41H46N3O10S2+. The van der Waals surface area contributed by atoms with Crippen molar-refractivity contribution in [2.45, 2.75) is 82.1 Å². The van der Waals surface area contributed by atoms with Crippen LogP contribution in [0.15, 0.2) is 89.5 Å². The number of amides is 2. The molecule has 296 valence electrons. The van der Waals surface area contributed by atoms with E-state index >= 15 is 0 Å². The van der Waals surface area contributed by atoms with Crippen molar-refractivity contribution in [1.29, 1.82) is 0 Å². The van der Waals surface area contributed by atoms with Gasteiger partial charge in [0.15, 0.2) is 5.71 Å². The van der Waals surface area contributed by atoms with Crippen LogP contribution < -0.4 is 4.90 Å². The van der Waals surface area contributed by atoms with E-state index in [1.165, 1.54) is 17.0 Å². The van der Waals surface area contributed by atoms with Crippen molar-refractivity contribution in [2.75, 3.05) is 23.7 Å². The van der Waals surface area contributed by atoms with Crippen molar-refractivity contribution in [3.05, 3.63) is 112 Å². The summed E-state index contributed by atoms with van der Waals surface area (Å²) in [5.74, 6) is -2.01. The van der Waals surface area contributed by atoms with E-state index in [4.69, 9.17) is 5.11 Å². The molecule has 2 amide bonds. The lowest BCUT2D eigenvalue weighted by atomic mass is 9.80. The fourth-order valence-corrected chi connectivity index (χ4v) is 9.04. The second kappa shape index (κ2) is 15.2. The zero-order valence-electron chi connectivity index (χ0n) is 31.7. The predicted octanol–water partition coefficient (Wildman–Crippen LogP) is 6.27. The number of carboxylic acid groups (broad SMARTS) is 1. The highest BCUT2D eigenvalue weighted by atomic mass is 32.2. The van der Waals surface area contributed by atoms with Crippen LogP contribution >= 0.6 is 0 Å². The lowest BCUT2D eigenvalue weighted by molar-refractivity contribution is -0.437. The van der Waals surface area contributed by atoms with Gasteiger partial charge in [0.05, 0.1) is 33.7 Å². The number of allylic oxidation sites excluding steroid dienone is 4. The number of imide groups is 1. The lowest BCUT2D eigenvalue weighted by Crippen LogP contribution is -2.30. The summed E-state index contributed by atoms with van der Waals surface area (Å²) in [4.78, 5) is 40.5. The largest absolute Gasteiger partial charge is 0.481 e. The van der Waals surface area contributed by atoms with Gasteiger partial charge in [-0.15, -0.1) is 0 Å². The van der Waals surface area contributed by atoms with E-state index < -0.39 is 42.8 Å². The highest BCUT2D eigenvalue weighted by molar-refractivity contribution is 7.86. The quantitative estimate of drug-likeness (QED) is 0.0680. The monoisotopic (exact) mass is 804 g/mol. The summed E-state index contributed by atoms with van der Waals surface area (Å²) in [6.45, 7) is 8.85. The SMILES string of the molecule is CC1(C)C(/C=C/C=C2/N(CCCCCC(=O)O)c3ccc(S(=O)(=O)O)cc3C2(C)C)=[N+](CCCS(=O)(=O)O)c2ccc(CN3C(=O)c4ccccc4C3=O)cc21. The molecule has 56 heavy (non-hydrogen) atoms. The van der Waals surface area contributed by atoms with E-state index in [2.05, 4.69) is 4.90 Å². The van der Waals surface area contributed by atoms with Gasteiger partial charge in [0.25, 0.3) is 32.1 Å². The van der Waals surface area contributed by atoms with Gasteiger partial charge >= 0.3 is 5.97 Å². The normalized spacial score (nSPS) is 18.0. The van der Waals surface area contributed by atoms with Gasteiger partial charge in [0, 0.05) is 53.9 Å². The summed E-state index contributed by atoms with van der Waals surface area (Å²) in [5, 5.41) is 9.09. The highest BCUT2D eigenvalue weighted by Crippen LogP contribution is 2.49. The van der Waals surface area contributed by atoms with Crippen molar-refractivity contribution in [3.63, 3.8) is 0 Å². The molecule has 3 N–H and O–H groups in total. The number of hydrogen-bond donors (Lipinski definition) is 3. The van der Waals surface area contributed by atoms with Crippen molar-refractivity contribution in [1.82, 2.24) is 4.90 Å². The summed E-state index contributed by atoms with van der Waals surface area (Å²) in [6.07, 6.45) is 7.84. The Bertz CT molecular complexity index is 2410. The number of unbranched alkanes of at least 4 members (excludes halogenated alkanes) is 2. The minimum absolute atomic E-state index is 0.0625. The third kappa shape index (κ3) is 7.99. The zero-order valence-corrected chi connectivity index (χ0v) is 33.4. The summed E-state index contributed by atoms with van der Waals surface area (Å²) in [5.41, 5.74) is 5.02. The maximum absolute atomic E-state index is 13.2. The van der Waals surface area contributed by atoms with Crippen LogP contribution in [0.3, 0.4) is 0 Å². The number of anilines is 1. The summed E-state index contributed by atoms with van der Waals surface area (Å²) >= 11 is 0. The minimum atomic E-state index is -4.47. The number of nitrogens with zero attached hydrogens (tertiary/aromatic N) is 3. The first kappa shape index (κ1) is 40.7. The first-order chi connectivity index (χ1) is 26.2. The number of fused-ring (bicyclic) bond motifs is 3. The van der Waals surface area contributed by atoms with Crippen LogP contribution in [0.25, 0.3) is 0 Å². The van der Waals surface area contributed by atoms with Crippen LogP contribution in [0, 0.1) is 0 Å². The van der Waals surface area contributed by atoms with Crippen molar-refractivity contribution in [3.8, 4) is 0 Å². The molecule has 15 heteroatoms. The van der Waals surface area contributed by atoms with Crippen LogP contribution in [-0.4, -0.2) is 82.9 Å². The molecule has 3 heterocycles. The minimum Gasteiger partial charge on any atom is -0.481 e. The van der Waals surface area contributed by atoms with Crippen molar-refractivity contribution in [2.24, 2.45) is 0 Å². The average Bonchev–Trinajstić information content (AvgIpc) is 3.57. The Hall–Kier alpha value is -4.96. The number of benzene rings is 3. The number of rotatable bonds is 15. The van der Waals surface area contributed by atoms with Gasteiger partial charge < -0.3 is 10.0 Å². The Kier molecular flexibility index (Phi) is 11.0. The third-order valence-corrected chi connectivity index (χ3v) is 12.6. The molecule has 3 aromatic carbocycles. The molecule has 3 aliphatic heterocycles. The number of carbonyl (C=O) groups excluding carboxylic acids is 2. The van der Waals surface area contributed by atoms with Crippen molar-refractivity contribution < 1.29 is 50.0 Å². The van der Waals surface area contributed by atoms with Crippen LogP contribution in [-0.2, 0) is 42.4 Å². The van der Waals surface area contributed by atoms with Gasteiger partial charge in [-0.1, -0.05) is 44.5 Å². The third-order valence-electron chi connectivity index (χ3n) is 10.9. The molecule has 0 bridgehead atoms. The molecule has 0 aromatic heterocycles. The topological polar surface area (TPSA) is 190 Å². The molecule has 0 saturated carbocycles. The smallest absolute Gasteiger partial charge is 0.303 e. The van der Waals surface area contributed by atoms with Gasteiger partial charge in [-0.05, 0) is 80.3 Å². The van der Waals surface area contributed by atoms with Crippen LogP contribution in [0.4, 0.5) is 11.4 Å². The average molecular weight is 805 g/mol. The molecular weight excluding hydrogens is 759 g/mol. The highest BCUT2D eigenvalue weighted by Gasteiger charge is 2.45. The van der Waals surface area contributed by atoms with E-state index in [1.807, 2.05) is 68.7 Å². The second-order valence-electron chi connectivity index (χ2n) is 15.4. The van der Waals surface area contributed by atoms with Crippen LogP contribution in [0.5, 0.6) is 0 Å². The maximum atomic E-state index is 13.2. The maximum Gasteiger partial charge on any atom is 0.303 e. The molecule has 0 saturated heterocycles. The van der Waals surface area contributed by atoms with Gasteiger partial charge in [-0.3, -0.25) is 28.4 Å². The predicted molar refractivity (Wildman–Crippen MR) is 211 cm³/mol. The van der Waals surface area contributed by atoms with E-state index in [0.29, 0.717) is 42.5 Å². The molecule has 0 unspecified atom stereocenters. The van der Waals surface area contributed by atoms with Gasteiger partial charge in [-0.2, -0.15) is 21.4 Å². The Labute approximate surface area is 327 Å².